The lowest BCUT2D eigenvalue weighted by Gasteiger charge is -2.16. The van der Waals surface area contributed by atoms with Gasteiger partial charge in [0.1, 0.15) is 6.04 Å². The highest BCUT2D eigenvalue weighted by molar-refractivity contribution is 8.19. The van der Waals surface area contributed by atoms with Gasteiger partial charge in [0, 0.05) is 17.1 Å². The number of hydrogen-bond donors (Lipinski definition) is 2. The van der Waals surface area contributed by atoms with Gasteiger partial charge in [0.15, 0.2) is 0 Å². The van der Waals surface area contributed by atoms with E-state index in [2.05, 4.69) is 5.32 Å². The van der Waals surface area contributed by atoms with Crippen LogP contribution in [0.3, 0.4) is 0 Å². The maximum absolute atomic E-state index is 12.2. The maximum Gasteiger partial charge on any atom is 0.326 e. The minimum absolute atomic E-state index is 0.209. The quantitative estimate of drug-likeness (QED) is 0.831. The Labute approximate surface area is 139 Å². The predicted octanol–water partition coefficient (Wildman–Crippen LogP) is 3.39. The lowest BCUT2D eigenvalue weighted by atomic mass is 10.0. The molecule has 1 aliphatic heterocycles. The number of nitrogens with one attached hydrogen (secondary N) is 1. The number of hydrogen-bond acceptors (Lipinski definition) is 4. The number of carbonyl (C=O) groups is 2. The summed E-state index contributed by atoms with van der Waals surface area (Å²) in [7, 11) is 0. The van der Waals surface area contributed by atoms with Gasteiger partial charge in [0.25, 0.3) is 5.91 Å². The molecule has 1 amide bonds. The fourth-order valence-corrected chi connectivity index (χ4v) is 5.14. The molecule has 120 valence electrons. The molecule has 1 heterocycles. The molecule has 2 rings (SSSR count). The van der Waals surface area contributed by atoms with Crippen molar-refractivity contribution in [2.45, 2.75) is 30.9 Å². The van der Waals surface area contributed by atoms with Crippen LogP contribution in [0.25, 0.3) is 0 Å². The Morgan fingerprint density at radius 1 is 1.23 bits per heavy atom. The van der Waals surface area contributed by atoms with Gasteiger partial charge in [-0.25, -0.2) is 4.79 Å². The first kappa shape index (κ1) is 17.2. The van der Waals surface area contributed by atoms with Gasteiger partial charge >= 0.3 is 5.97 Å². The molecule has 1 atom stereocenters. The Morgan fingerprint density at radius 2 is 1.82 bits per heavy atom. The molecule has 0 radical (unpaired) electrons. The maximum atomic E-state index is 12.2. The average molecular weight is 339 g/mol. The number of carboxylic acids is 1. The fourth-order valence-electron chi connectivity index (χ4n) is 2.28. The Balaban J connectivity index is 2.00. The number of thioether (sulfide) groups is 2. The zero-order valence-electron chi connectivity index (χ0n) is 12.7. The van der Waals surface area contributed by atoms with Crippen molar-refractivity contribution < 1.29 is 14.7 Å². The van der Waals surface area contributed by atoms with Crippen molar-refractivity contribution >= 4 is 35.4 Å². The third-order valence-electron chi connectivity index (χ3n) is 3.38. The molecule has 1 aliphatic rings. The summed E-state index contributed by atoms with van der Waals surface area (Å²) in [5.74, 6) is 1.21. The van der Waals surface area contributed by atoms with Crippen LogP contribution < -0.4 is 5.32 Å². The second kappa shape index (κ2) is 7.92. The van der Waals surface area contributed by atoms with E-state index in [1.54, 1.807) is 12.1 Å². The summed E-state index contributed by atoms with van der Waals surface area (Å²) < 4.78 is 0.449. The van der Waals surface area contributed by atoms with Crippen LogP contribution >= 0.6 is 23.5 Å². The molecule has 4 nitrogen and oxygen atoms in total. The highest BCUT2D eigenvalue weighted by Crippen LogP contribution is 2.45. The average Bonchev–Trinajstić information content (AvgIpc) is 3.00. The first-order chi connectivity index (χ1) is 10.5. The summed E-state index contributed by atoms with van der Waals surface area (Å²) in [6, 6.07) is 6.64. The van der Waals surface area contributed by atoms with E-state index >= 15 is 0 Å². The van der Waals surface area contributed by atoms with Crippen LogP contribution in [-0.2, 0) is 4.79 Å². The zero-order chi connectivity index (χ0) is 16.1. The molecule has 0 bridgehead atoms. The lowest BCUT2D eigenvalue weighted by molar-refractivity contribution is -0.139. The van der Waals surface area contributed by atoms with Gasteiger partial charge in [0.2, 0.25) is 0 Å². The summed E-state index contributed by atoms with van der Waals surface area (Å²) in [5, 5.41) is 11.8. The van der Waals surface area contributed by atoms with E-state index in [1.165, 1.54) is 5.56 Å². The van der Waals surface area contributed by atoms with E-state index in [0.717, 1.165) is 11.5 Å². The molecule has 1 aromatic carbocycles. The monoisotopic (exact) mass is 339 g/mol. The van der Waals surface area contributed by atoms with Crippen molar-refractivity contribution in [1.82, 2.24) is 5.32 Å². The number of aliphatic carboxylic acids is 1. The largest absolute Gasteiger partial charge is 0.480 e. The molecule has 1 fully saturated rings. The van der Waals surface area contributed by atoms with Crippen LogP contribution in [0.1, 0.15) is 40.8 Å². The van der Waals surface area contributed by atoms with Gasteiger partial charge in [-0.05, 0) is 30.0 Å². The lowest BCUT2D eigenvalue weighted by Crippen LogP contribution is -2.41. The van der Waals surface area contributed by atoms with Crippen molar-refractivity contribution in [3.05, 3.63) is 35.4 Å². The van der Waals surface area contributed by atoms with Crippen LogP contribution in [0.4, 0.5) is 0 Å². The minimum Gasteiger partial charge on any atom is -0.480 e. The van der Waals surface area contributed by atoms with Crippen molar-refractivity contribution in [1.29, 1.82) is 0 Å². The van der Waals surface area contributed by atoms with Crippen molar-refractivity contribution in [2.24, 2.45) is 5.92 Å². The molecule has 0 aliphatic carbocycles. The third-order valence-corrected chi connectivity index (χ3v) is 6.48. The number of carbonyl (C=O) groups excluding carboxylic acids is 1. The molecule has 2 N–H and O–H groups in total. The van der Waals surface area contributed by atoms with Gasteiger partial charge in [-0.15, -0.1) is 23.5 Å². The molecule has 0 spiro atoms. The molecule has 6 heteroatoms. The summed E-state index contributed by atoms with van der Waals surface area (Å²) >= 11 is 3.83. The number of benzene rings is 1. The highest BCUT2D eigenvalue weighted by Gasteiger charge is 2.22. The Morgan fingerprint density at radius 3 is 2.32 bits per heavy atom. The summed E-state index contributed by atoms with van der Waals surface area (Å²) in [4.78, 5) is 23.4. The van der Waals surface area contributed by atoms with Crippen LogP contribution in [0.2, 0.25) is 0 Å². The van der Waals surface area contributed by atoms with Crippen LogP contribution in [0, 0.1) is 5.92 Å². The van der Waals surface area contributed by atoms with Gasteiger partial charge < -0.3 is 10.4 Å². The topological polar surface area (TPSA) is 66.4 Å². The first-order valence-electron chi connectivity index (χ1n) is 7.34. The molecule has 1 saturated heterocycles. The van der Waals surface area contributed by atoms with E-state index in [4.69, 9.17) is 0 Å². The van der Waals surface area contributed by atoms with E-state index in [0.29, 0.717) is 16.6 Å². The van der Waals surface area contributed by atoms with E-state index in [9.17, 15) is 14.7 Å². The molecular weight excluding hydrogens is 318 g/mol. The van der Waals surface area contributed by atoms with E-state index < -0.39 is 12.0 Å². The second-order valence-corrected chi connectivity index (χ2v) is 8.41. The standard InChI is InChI=1S/C16H21NO3S2/c1-10(2)9-13(15(19)20)17-14(18)11-3-5-12(6-4-11)16-21-7-8-22-16/h3-6,10,13,16H,7-9H2,1-2H3,(H,17,18)(H,19,20)/t13-/m0/s1. The number of rotatable bonds is 6. The Bertz CT molecular complexity index is 525. The van der Waals surface area contributed by atoms with Gasteiger partial charge in [0.05, 0.1) is 4.58 Å². The summed E-state index contributed by atoms with van der Waals surface area (Å²) in [5.41, 5.74) is 1.72. The minimum atomic E-state index is -0.988. The predicted molar refractivity (Wildman–Crippen MR) is 92.4 cm³/mol. The van der Waals surface area contributed by atoms with E-state index in [1.807, 2.05) is 49.5 Å². The number of amides is 1. The highest BCUT2D eigenvalue weighted by atomic mass is 32.2. The Hall–Kier alpha value is -1.14. The molecule has 0 unspecified atom stereocenters. The molecule has 0 saturated carbocycles. The molecule has 22 heavy (non-hydrogen) atoms. The molecular formula is C16H21NO3S2. The second-order valence-electron chi connectivity index (χ2n) is 5.69. The summed E-state index contributed by atoms with van der Waals surface area (Å²) in [6.45, 7) is 3.88. The van der Waals surface area contributed by atoms with Crippen molar-refractivity contribution in [3.63, 3.8) is 0 Å². The smallest absolute Gasteiger partial charge is 0.326 e. The van der Waals surface area contributed by atoms with Gasteiger partial charge in [-0.3, -0.25) is 4.79 Å². The zero-order valence-corrected chi connectivity index (χ0v) is 14.4. The van der Waals surface area contributed by atoms with Crippen LogP contribution in [-0.4, -0.2) is 34.5 Å². The van der Waals surface area contributed by atoms with Gasteiger partial charge in [-0.1, -0.05) is 26.0 Å². The van der Waals surface area contributed by atoms with Crippen molar-refractivity contribution in [3.8, 4) is 0 Å². The fraction of sp³-hybridized carbons (Fsp3) is 0.500. The van der Waals surface area contributed by atoms with E-state index in [-0.39, 0.29) is 11.8 Å². The normalized spacial score (nSPS) is 16.7. The Kier molecular flexibility index (Phi) is 6.20. The first-order valence-corrected chi connectivity index (χ1v) is 9.44. The SMILES string of the molecule is CC(C)C[C@H](NC(=O)c1ccc(C2SCCS2)cc1)C(=O)O. The van der Waals surface area contributed by atoms with Gasteiger partial charge in [-0.2, -0.15) is 0 Å². The third kappa shape index (κ3) is 4.68. The number of carboxylic acid groups (broad SMARTS) is 1. The van der Waals surface area contributed by atoms with Crippen LogP contribution in [0.15, 0.2) is 24.3 Å². The van der Waals surface area contributed by atoms with Crippen LogP contribution in [0.5, 0.6) is 0 Å². The molecule has 1 aromatic rings. The van der Waals surface area contributed by atoms with Crippen molar-refractivity contribution in [2.75, 3.05) is 11.5 Å². The summed E-state index contributed by atoms with van der Waals surface area (Å²) in [6.07, 6.45) is 0.425. The molecule has 0 aromatic heterocycles.